The molecular formula is C14H28O4Si. The first-order valence-electron chi connectivity index (χ1n) is 7.76. The van der Waals surface area contributed by atoms with Crippen LogP contribution in [0, 0.1) is 0 Å². The summed E-state index contributed by atoms with van der Waals surface area (Å²) in [5.41, 5.74) is -0.0418. The summed E-state index contributed by atoms with van der Waals surface area (Å²) in [5.74, 6) is 0. The summed E-state index contributed by atoms with van der Waals surface area (Å²) in [6.07, 6.45) is 5.30. The highest BCUT2D eigenvalue weighted by molar-refractivity contribution is 6.60. The van der Waals surface area contributed by atoms with E-state index in [-0.39, 0.29) is 11.7 Å². The first kappa shape index (κ1) is 15.4. The van der Waals surface area contributed by atoms with E-state index in [1.165, 1.54) is 19.3 Å². The number of hydrogen-bond acceptors (Lipinski definition) is 4. The van der Waals surface area contributed by atoms with Crippen molar-refractivity contribution in [2.75, 3.05) is 13.2 Å². The molecule has 1 aliphatic heterocycles. The van der Waals surface area contributed by atoms with E-state index < -0.39 is 8.80 Å². The molecule has 0 N–H and O–H groups in total. The molecule has 1 saturated carbocycles. The number of hydrogen-bond donors (Lipinski definition) is 0. The van der Waals surface area contributed by atoms with Gasteiger partial charge in [0.15, 0.2) is 0 Å². The maximum Gasteiger partial charge on any atom is 0.500 e. The number of rotatable bonds is 8. The summed E-state index contributed by atoms with van der Waals surface area (Å²) in [5, 5.41) is 0. The third kappa shape index (κ3) is 3.05. The Balaban J connectivity index is 2.00. The van der Waals surface area contributed by atoms with E-state index in [1.807, 2.05) is 13.8 Å². The summed E-state index contributed by atoms with van der Waals surface area (Å²) >= 11 is 0. The predicted molar refractivity (Wildman–Crippen MR) is 76.1 cm³/mol. The zero-order chi connectivity index (χ0) is 13.9. The minimum Gasteiger partial charge on any atom is -0.374 e. The third-order valence-electron chi connectivity index (χ3n) is 4.34. The van der Waals surface area contributed by atoms with E-state index in [0.29, 0.717) is 19.3 Å². The van der Waals surface area contributed by atoms with E-state index in [0.717, 1.165) is 12.5 Å². The largest absolute Gasteiger partial charge is 0.500 e. The van der Waals surface area contributed by atoms with Gasteiger partial charge in [0, 0.05) is 19.3 Å². The van der Waals surface area contributed by atoms with Crippen molar-refractivity contribution >= 4 is 8.80 Å². The number of ether oxygens (including phenoxy) is 1. The Morgan fingerprint density at radius 2 is 1.89 bits per heavy atom. The first-order chi connectivity index (χ1) is 9.12. The summed E-state index contributed by atoms with van der Waals surface area (Å²) < 4.78 is 24.0. The van der Waals surface area contributed by atoms with E-state index in [9.17, 15) is 0 Å². The van der Waals surface area contributed by atoms with Crippen LogP contribution >= 0.6 is 0 Å². The van der Waals surface area contributed by atoms with Gasteiger partial charge < -0.3 is 18.0 Å². The van der Waals surface area contributed by atoms with E-state index in [2.05, 4.69) is 13.8 Å². The Labute approximate surface area is 118 Å². The highest BCUT2D eigenvalue weighted by Gasteiger charge is 2.62. The van der Waals surface area contributed by atoms with Crippen molar-refractivity contribution < 1.29 is 18.0 Å². The number of fused-ring (bicyclic) bond motifs is 1. The SMILES string of the molecule is CCO[Si](CC)(OCC)OC(C)C12CCCCC1O2. The lowest BCUT2D eigenvalue weighted by Gasteiger charge is -2.34. The average Bonchev–Trinajstić information content (AvgIpc) is 3.15. The topological polar surface area (TPSA) is 40.2 Å². The van der Waals surface area contributed by atoms with Crippen LogP contribution in [0.4, 0.5) is 0 Å². The van der Waals surface area contributed by atoms with Crippen molar-refractivity contribution in [2.24, 2.45) is 0 Å². The highest BCUT2D eigenvalue weighted by atomic mass is 28.4. The molecule has 0 amide bonds. The fraction of sp³-hybridized carbons (Fsp3) is 1.00. The molecule has 3 unspecified atom stereocenters. The zero-order valence-corrected chi connectivity index (χ0v) is 13.7. The van der Waals surface area contributed by atoms with Crippen LogP contribution in [-0.2, 0) is 18.0 Å². The molecule has 19 heavy (non-hydrogen) atoms. The second-order valence-electron chi connectivity index (χ2n) is 5.47. The summed E-state index contributed by atoms with van der Waals surface area (Å²) in [6, 6.07) is 0.819. The van der Waals surface area contributed by atoms with Crippen molar-refractivity contribution in [1.82, 2.24) is 0 Å². The Morgan fingerprint density at radius 3 is 2.42 bits per heavy atom. The van der Waals surface area contributed by atoms with Crippen LogP contribution in [0.1, 0.15) is 53.4 Å². The van der Waals surface area contributed by atoms with Gasteiger partial charge in [-0.05, 0) is 33.6 Å². The quantitative estimate of drug-likeness (QED) is 0.508. The van der Waals surface area contributed by atoms with Gasteiger partial charge in [-0.2, -0.15) is 0 Å². The van der Waals surface area contributed by atoms with Crippen LogP contribution < -0.4 is 0 Å². The molecule has 2 aliphatic rings. The zero-order valence-electron chi connectivity index (χ0n) is 12.7. The van der Waals surface area contributed by atoms with Crippen LogP contribution in [0.5, 0.6) is 0 Å². The Morgan fingerprint density at radius 1 is 1.21 bits per heavy atom. The van der Waals surface area contributed by atoms with Gasteiger partial charge in [-0.3, -0.25) is 0 Å². The molecule has 112 valence electrons. The van der Waals surface area contributed by atoms with Crippen LogP contribution in [0.3, 0.4) is 0 Å². The molecule has 5 heteroatoms. The van der Waals surface area contributed by atoms with E-state index >= 15 is 0 Å². The maximum atomic E-state index is 6.32. The summed E-state index contributed by atoms with van der Waals surface area (Å²) in [4.78, 5) is 0. The predicted octanol–water partition coefficient (Wildman–Crippen LogP) is 3.13. The van der Waals surface area contributed by atoms with Gasteiger partial charge in [0.1, 0.15) is 5.60 Å². The Kier molecular flexibility index (Phi) is 5.06. The third-order valence-corrected chi connectivity index (χ3v) is 7.37. The lowest BCUT2D eigenvalue weighted by molar-refractivity contribution is 0.00366. The molecule has 4 nitrogen and oxygen atoms in total. The summed E-state index contributed by atoms with van der Waals surface area (Å²) in [6.45, 7) is 9.50. The lowest BCUT2D eigenvalue weighted by atomic mass is 9.86. The van der Waals surface area contributed by atoms with Crippen molar-refractivity contribution in [2.45, 2.75) is 77.2 Å². The molecule has 2 rings (SSSR count). The van der Waals surface area contributed by atoms with Crippen molar-refractivity contribution in [3.8, 4) is 0 Å². The molecule has 1 aliphatic carbocycles. The van der Waals surface area contributed by atoms with Crippen molar-refractivity contribution in [3.05, 3.63) is 0 Å². The second-order valence-corrected chi connectivity index (χ2v) is 8.36. The molecule has 2 fully saturated rings. The molecule has 1 heterocycles. The van der Waals surface area contributed by atoms with E-state index in [4.69, 9.17) is 18.0 Å². The molecular weight excluding hydrogens is 260 g/mol. The Hall–Kier alpha value is 0.0569. The van der Waals surface area contributed by atoms with Crippen LogP contribution in [0.2, 0.25) is 6.04 Å². The standard InChI is InChI=1S/C14H28O4Si/c1-5-15-19(7-3,16-6-2)18-12(4)14-11-9-8-10-13(14)17-14/h12-13H,5-11H2,1-4H3. The van der Waals surface area contributed by atoms with Crippen LogP contribution in [0.15, 0.2) is 0 Å². The van der Waals surface area contributed by atoms with Gasteiger partial charge in [0.25, 0.3) is 0 Å². The molecule has 0 radical (unpaired) electrons. The van der Waals surface area contributed by atoms with Gasteiger partial charge in [0.2, 0.25) is 0 Å². The van der Waals surface area contributed by atoms with Crippen molar-refractivity contribution in [1.29, 1.82) is 0 Å². The monoisotopic (exact) mass is 288 g/mol. The van der Waals surface area contributed by atoms with Crippen LogP contribution in [-0.4, -0.2) is 39.8 Å². The van der Waals surface area contributed by atoms with Crippen LogP contribution in [0.25, 0.3) is 0 Å². The second kappa shape index (κ2) is 6.22. The van der Waals surface area contributed by atoms with Crippen molar-refractivity contribution in [3.63, 3.8) is 0 Å². The number of epoxide rings is 1. The molecule has 0 aromatic rings. The van der Waals surface area contributed by atoms with E-state index in [1.54, 1.807) is 0 Å². The Bertz CT molecular complexity index is 293. The summed E-state index contributed by atoms with van der Waals surface area (Å²) in [7, 11) is -2.52. The normalized spacial score (nSPS) is 31.9. The minimum absolute atomic E-state index is 0.0418. The fourth-order valence-electron chi connectivity index (χ4n) is 3.25. The first-order valence-corrected chi connectivity index (χ1v) is 9.69. The molecule has 0 aromatic heterocycles. The lowest BCUT2D eigenvalue weighted by Crippen LogP contribution is -2.51. The fourth-order valence-corrected chi connectivity index (χ4v) is 5.66. The van der Waals surface area contributed by atoms with Gasteiger partial charge in [-0.1, -0.05) is 19.8 Å². The van der Waals surface area contributed by atoms with Gasteiger partial charge in [0.05, 0.1) is 12.2 Å². The average molecular weight is 288 g/mol. The van der Waals surface area contributed by atoms with Gasteiger partial charge >= 0.3 is 8.80 Å². The maximum absolute atomic E-state index is 6.32. The molecule has 3 atom stereocenters. The highest BCUT2D eigenvalue weighted by Crippen LogP contribution is 2.51. The molecule has 1 saturated heterocycles. The minimum atomic E-state index is -2.52. The smallest absolute Gasteiger partial charge is 0.374 e. The van der Waals surface area contributed by atoms with Gasteiger partial charge in [-0.25, -0.2) is 0 Å². The molecule has 0 bridgehead atoms. The van der Waals surface area contributed by atoms with Gasteiger partial charge in [-0.15, -0.1) is 0 Å². The molecule has 0 aromatic carbocycles. The molecule has 0 spiro atoms.